The van der Waals surface area contributed by atoms with Crippen molar-refractivity contribution in [3.05, 3.63) is 59.9 Å². The van der Waals surface area contributed by atoms with Crippen LogP contribution in [-0.2, 0) is 4.79 Å². The highest BCUT2D eigenvalue weighted by molar-refractivity contribution is 5.93. The molecule has 0 fully saturated rings. The van der Waals surface area contributed by atoms with Crippen molar-refractivity contribution in [2.75, 3.05) is 18.5 Å². The van der Waals surface area contributed by atoms with Crippen LogP contribution < -0.4 is 20.9 Å². The van der Waals surface area contributed by atoms with Crippen molar-refractivity contribution in [3.63, 3.8) is 0 Å². The van der Waals surface area contributed by atoms with Crippen LogP contribution in [0.2, 0.25) is 0 Å². The van der Waals surface area contributed by atoms with Crippen molar-refractivity contribution < 1.29 is 18.7 Å². The zero-order valence-electron chi connectivity index (χ0n) is 13.1. The predicted molar refractivity (Wildman–Crippen MR) is 88.1 cm³/mol. The number of amides is 2. The van der Waals surface area contributed by atoms with E-state index >= 15 is 0 Å². The highest BCUT2D eigenvalue weighted by Crippen LogP contribution is 2.15. The van der Waals surface area contributed by atoms with Crippen LogP contribution in [0.25, 0.3) is 0 Å². The van der Waals surface area contributed by atoms with Crippen molar-refractivity contribution in [3.8, 4) is 5.75 Å². The molecule has 0 aliphatic heterocycles. The number of hydrogen-bond acceptors (Lipinski definition) is 4. The SMILES string of the molecule is CC(=O)Nc1ccc(OCCNNC(=O)c2cccc(F)c2)cc1. The fraction of sp³-hybridized carbons (Fsp3) is 0.176. The third-order valence-electron chi connectivity index (χ3n) is 2.96. The van der Waals surface area contributed by atoms with Gasteiger partial charge in [-0.1, -0.05) is 6.07 Å². The molecule has 126 valence electrons. The smallest absolute Gasteiger partial charge is 0.265 e. The van der Waals surface area contributed by atoms with E-state index in [-0.39, 0.29) is 11.5 Å². The molecular formula is C17H18FN3O3. The summed E-state index contributed by atoms with van der Waals surface area (Å²) in [5.41, 5.74) is 6.09. The van der Waals surface area contributed by atoms with E-state index in [1.807, 2.05) is 0 Å². The minimum absolute atomic E-state index is 0.137. The van der Waals surface area contributed by atoms with E-state index in [1.54, 1.807) is 24.3 Å². The number of carbonyl (C=O) groups is 2. The Hall–Kier alpha value is -2.93. The molecule has 24 heavy (non-hydrogen) atoms. The summed E-state index contributed by atoms with van der Waals surface area (Å²) in [6, 6.07) is 12.4. The van der Waals surface area contributed by atoms with Gasteiger partial charge in [-0.2, -0.15) is 0 Å². The lowest BCUT2D eigenvalue weighted by Crippen LogP contribution is -2.39. The molecule has 2 rings (SSSR count). The Morgan fingerprint density at radius 3 is 2.54 bits per heavy atom. The highest BCUT2D eigenvalue weighted by atomic mass is 19.1. The Bertz CT molecular complexity index is 704. The molecule has 0 saturated heterocycles. The fourth-order valence-electron chi connectivity index (χ4n) is 1.90. The number of anilines is 1. The second-order valence-electron chi connectivity index (χ2n) is 4.95. The van der Waals surface area contributed by atoms with E-state index in [9.17, 15) is 14.0 Å². The van der Waals surface area contributed by atoms with Gasteiger partial charge in [0.2, 0.25) is 5.91 Å². The third kappa shape index (κ3) is 5.69. The lowest BCUT2D eigenvalue weighted by atomic mass is 10.2. The predicted octanol–water partition coefficient (Wildman–Crippen LogP) is 2.10. The third-order valence-corrected chi connectivity index (χ3v) is 2.96. The summed E-state index contributed by atoms with van der Waals surface area (Å²) >= 11 is 0. The summed E-state index contributed by atoms with van der Waals surface area (Å²) in [5.74, 6) is -0.382. The first-order valence-electron chi connectivity index (χ1n) is 7.34. The molecule has 7 heteroatoms. The summed E-state index contributed by atoms with van der Waals surface area (Å²) in [7, 11) is 0. The molecule has 0 spiro atoms. The molecule has 3 N–H and O–H groups in total. The quantitative estimate of drug-likeness (QED) is 0.536. The zero-order valence-corrected chi connectivity index (χ0v) is 13.1. The van der Waals surface area contributed by atoms with Crippen molar-refractivity contribution in [1.82, 2.24) is 10.9 Å². The van der Waals surface area contributed by atoms with Crippen LogP contribution >= 0.6 is 0 Å². The zero-order chi connectivity index (χ0) is 17.4. The summed E-state index contributed by atoms with van der Waals surface area (Å²) in [4.78, 5) is 22.7. The van der Waals surface area contributed by atoms with E-state index in [0.29, 0.717) is 24.6 Å². The maximum Gasteiger partial charge on any atom is 0.265 e. The minimum atomic E-state index is -0.464. The first-order valence-corrected chi connectivity index (χ1v) is 7.34. The van der Waals surface area contributed by atoms with Gasteiger partial charge in [-0.05, 0) is 42.5 Å². The molecule has 0 heterocycles. The lowest BCUT2D eigenvalue weighted by Gasteiger charge is -2.09. The van der Waals surface area contributed by atoms with Crippen LogP contribution in [0.5, 0.6) is 5.75 Å². The van der Waals surface area contributed by atoms with Crippen molar-refractivity contribution in [2.45, 2.75) is 6.92 Å². The summed E-state index contributed by atoms with van der Waals surface area (Å²) in [6.07, 6.45) is 0. The standard InChI is InChI=1S/C17H18FN3O3/c1-12(22)20-15-5-7-16(8-6-15)24-10-9-19-21-17(23)13-3-2-4-14(18)11-13/h2-8,11,19H,9-10H2,1H3,(H,20,22)(H,21,23). The normalized spacial score (nSPS) is 10.1. The molecule has 0 aromatic heterocycles. The average Bonchev–Trinajstić information content (AvgIpc) is 2.55. The molecular weight excluding hydrogens is 313 g/mol. The number of ether oxygens (including phenoxy) is 1. The molecule has 2 aromatic carbocycles. The van der Waals surface area contributed by atoms with Crippen LogP contribution in [0.1, 0.15) is 17.3 Å². The number of nitrogens with one attached hydrogen (secondary N) is 3. The largest absolute Gasteiger partial charge is 0.492 e. The molecule has 0 atom stereocenters. The van der Waals surface area contributed by atoms with Gasteiger partial charge in [0, 0.05) is 24.7 Å². The topological polar surface area (TPSA) is 79.5 Å². The summed E-state index contributed by atoms with van der Waals surface area (Å²) in [5, 5.41) is 2.66. The number of hydrazine groups is 1. The minimum Gasteiger partial charge on any atom is -0.492 e. The van der Waals surface area contributed by atoms with Crippen LogP contribution in [0.3, 0.4) is 0 Å². The average molecular weight is 331 g/mol. The second kappa shape index (κ2) is 8.64. The second-order valence-corrected chi connectivity index (χ2v) is 4.95. The van der Waals surface area contributed by atoms with Crippen LogP contribution in [0.15, 0.2) is 48.5 Å². The molecule has 0 saturated carbocycles. The Morgan fingerprint density at radius 1 is 1.12 bits per heavy atom. The van der Waals surface area contributed by atoms with E-state index in [4.69, 9.17) is 4.74 Å². The Kier molecular flexibility index (Phi) is 6.27. The first-order chi connectivity index (χ1) is 11.5. The number of carbonyl (C=O) groups excluding carboxylic acids is 2. The van der Waals surface area contributed by atoms with Gasteiger partial charge in [0.25, 0.3) is 5.91 Å². The molecule has 0 aliphatic rings. The molecule has 0 bridgehead atoms. The van der Waals surface area contributed by atoms with Crippen molar-refractivity contribution >= 4 is 17.5 Å². The molecule has 0 unspecified atom stereocenters. The van der Waals surface area contributed by atoms with Gasteiger partial charge in [0.05, 0.1) is 0 Å². The number of hydrogen-bond donors (Lipinski definition) is 3. The number of benzene rings is 2. The van der Waals surface area contributed by atoms with Crippen molar-refractivity contribution in [1.29, 1.82) is 0 Å². The molecule has 0 radical (unpaired) electrons. The molecule has 6 nitrogen and oxygen atoms in total. The van der Waals surface area contributed by atoms with E-state index in [2.05, 4.69) is 16.2 Å². The monoisotopic (exact) mass is 331 g/mol. The highest BCUT2D eigenvalue weighted by Gasteiger charge is 2.05. The number of rotatable bonds is 7. The Morgan fingerprint density at radius 2 is 1.88 bits per heavy atom. The van der Waals surface area contributed by atoms with Crippen LogP contribution in [0.4, 0.5) is 10.1 Å². The van der Waals surface area contributed by atoms with E-state index in [1.165, 1.54) is 25.1 Å². The summed E-state index contributed by atoms with van der Waals surface area (Å²) in [6.45, 7) is 2.13. The lowest BCUT2D eigenvalue weighted by molar-refractivity contribution is -0.114. The molecule has 2 aromatic rings. The Labute approximate surface area is 139 Å². The molecule has 0 aliphatic carbocycles. The van der Waals surface area contributed by atoms with Crippen molar-refractivity contribution in [2.24, 2.45) is 0 Å². The number of halogens is 1. The van der Waals surface area contributed by atoms with Gasteiger partial charge in [-0.15, -0.1) is 0 Å². The van der Waals surface area contributed by atoms with Gasteiger partial charge in [-0.25, -0.2) is 9.82 Å². The maximum absolute atomic E-state index is 13.0. The fourth-order valence-corrected chi connectivity index (χ4v) is 1.90. The van der Waals surface area contributed by atoms with E-state index in [0.717, 1.165) is 6.07 Å². The van der Waals surface area contributed by atoms with E-state index < -0.39 is 11.7 Å². The van der Waals surface area contributed by atoms with Crippen LogP contribution in [0, 0.1) is 5.82 Å². The van der Waals surface area contributed by atoms with Gasteiger partial charge in [0.1, 0.15) is 18.2 Å². The Balaban J connectivity index is 1.67. The molecule has 2 amide bonds. The summed E-state index contributed by atoms with van der Waals surface area (Å²) < 4.78 is 18.5. The first kappa shape index (κ1) is 17.4. The van der Waals surface area contributed by atoms with Gasteiger partial charge >= 0.3 is 0 Å². The van der Waals surface area contributed by atoms with Crippen LogP contribution in [-0.4, -0.2) is 25.0 Å². The van der Waals surface area contributed by atoms with Gasteiger partial charge in [-0.3, -0.25) is 15.0 Å². The van der Waals surface area contributed by atoms with Gasteiger partial charge < -0.3 is 10.1 Å². The maximum atomic E-state index is 13.0. The van der Waals surface area contributed by atoms with Gasteiger partial charge in [0.15, 0.2) is 0 Å².